The highest BCUT2D eigenvalue weighted by atomic mass is 32.2. The second-order valence-electron chi connectivity index (χ2n) is 6.76. The average Bonchev–Trinajstić information content (AvgIpc) is 2.72. The Kier molecular flexibility index (Phi) is 5.58. The minimum Gasteiger partial charge on any atom is -0.329 e. The van der Waals surface area contributed by atoms with E-state index in [1.807, 2.05) is 61.5 Å². The molecule has 29 heavy (non-hydrogen) atoms. The van der Waals surface area contributed by atoms with Gasteiger partial charge in [-0.1, -0.05) is 43.0 Å². The van der Waals surface area contributed by atoms with Crippen molar-refractivity contribution in [1.29, 1.82) is 0 Å². The summed E-state index contributed by atoms with van der Waals surface area (Å²) in [5, 5.41) is 0. The number of nitrogens with zero attached hydrogens (tertiary/aromatic N) is 3. The monoisotopic (exact) mass is 427 g/mol. The van der Waals surface area contributed by atoms with Crippen LogP contribution in [0.4, 0.5) is 11.4 Å². The smallest absolute Gasteiger partial charge is 0.264 e. The van der Waals surface area contributed by atoms with Crippen LogP contribution in [-0.4, -0.2) is 28.7 Å². The van der Waals surface area contributed by atoms with Crippen molar-refractivity contribution in [1.82, 2.24) is 9.97 Å². The fraction of sp³-hybridized carbons (Fsp3) is 0.238. The first-order chi connectivity index (χ1) is 14.0. The Labute approximate surface area is 174 Å². The van der Waals surface area contributed by atoms with Crippen LogP contribution in [0.3, 0.4) is 0 Å². The molecule has 0 aliphatic carbocycles. The summed E-state index contributed by atoms with van der Waals surface area (Å²) in [4.78, 5) is 13.4. The second-order valence-corrected chi connectivity index (χ2v) is 9.41. The van der Waals surface area contributed by atoms with Crippen molar-refractivity contribution in [2.24, 2.45) is 0 Å². The first-order valence-electron chi connectivity index (χ1n) is 9.38. The molecule has 4 rings (SSSR count). The van der Waals surface area contributed by atoms with Crippen molar-refractivity contribution in [2.75, 3.05) is 10.7 Å². The summed E-state index contributed by atoms with van der Waals surface area (Å²) < 4.78 is 32.5. The molecule has 0 bridgehead atoms. The third-order valence-electron chi connectivity index (χ3n) is 4.82. The summed E-state index contributed by atoms with van der Waals surface area (Å²) >= 11 is 1.68. The number of aromatic nitrogens is 2. The van der Waals surface area contributed by atoms with Crippen molar-refractivity contribution in [3.8, 4) is 0 Å². The molecule has 6 nitrogen and oxygen atoms in total. The van der Waals surface area contributed by atoms with Crippen molar-refractivity contribution in [2.45, 2.75) is 35.6 Å². The Hall–Kier alpha value is -2.42. The molecule has 1 atom stereocenters. The van der Waals surface area contributed by atoms with Crippen LogP contribution >= 0.6 is 11.8 Å². The van der Waals surface area contributed by atoms with Gasteiger partial charge in [-0.3, -0.25) is 4.55 Å². The van der Waals surface area contributed by atoms with Crippen LogP contribution in [0.2, 0.25) is 0 Å². The quantitative estimate of drug-likeness (QED) is 0.573. The van der Waals surface area contributed by atoms with Crippen LogP contribution in [0.5, 0.6) is 0 Å². The molecule has 0 amide bonds. The molecular formula is C21H21N3O3S2. The van der Waals surface area contributed by atoms with E-state index in [1.54, 1.807) is 18.0 Å². The van der Waals surface area contributed by atoms with E-state index in [0.29, 0.717) is 5.82 Å². The highest BCUT2D eigenvalue weighted by molar-refractivity contribution is 7.99. The number of aryl methyl sites for hydroxylation is 1. The zero-order valence-corrected chi connectivity index (χ0v) is 17.5. The van der Waals surface area contributed by atoms with E-state index in [-0.39, 0.29) is 12.2 Å². The summed E-state index contributed by atoms with van der Waals surface area (Å²) in [6, 6.07) is 17.4. The van der Waals surface area contributed by atoms with E-state index < -0.39 is 16.2 Å². The molecule has 3 aromatic rings. The number of hydrogen-bond donors (Lipinski definition) is 1. The number of fused-ring (bicyclic) bond motifs is 2. The van der Waals surface area contributed by atoms with E-state index in [2.05, 4.69) is 14.9 Å². The maximum absolute atomic E-state index is 11.6. The van der Waals surface area contributed by atoms with Crippen molar-refractivity contribution in [3.63, 3.8) is 0 Å². The van der Waals surface area contributed by atoms with Gasteiger partial charge in [0.25, 0.3) is 10.1 Å². The Morgan fingerprint density at radius 3 is 2.24 bits per heavy atom. The zero-order chi connectivity index (χ0) is 20.4. The van der Waals surface area contributed by atoms with E-state index in [0.717, 1.165) is 33.3 Å². The highest BCUT2D eigenvalue weighted by Gasteiger charge is 2.32. The molecule has 1 aromatic heterocycles. The fourth-order valence-corrected chi connectivity index (χ4v) is 5.07. The summed E-state index contributed by atoms with van der Waals surface area (Å²) in [5.41, 5.74) is 2.84. The molecule has 0 fully saturated rings. The lowest BCUT2D eigenvalue weighted by atomic mass is 10.1. The van der Waals surface area contributed by atoms with Crippen molar-refractivity contribution < 1.29 is 13.0 Å². The van der Waals surface area contributed by atoms with Crippen molar-refractivity contribution in [3.05, 3.63) is 72.3 Å². The van der Waals surface area contributed by atoms with Gasteiger partial charge in [0.1, 0.15) is 0 Å². The molecule has 0 spiro atoms. The van der Waals surface area contributed by atoms with E-state index in [4.69, 9.17) is 0 Å². The molecule has 1 N–H and O–H groups in total. The van der Waals surface area contributed by atoms with Crippen LogP contribution in [0, 0.1) is 0 Å². The molecule has 150 valence electrons. The van der Waals surface area contributed by atoms with Gasteiger partial charge in [0.05, 0.1) is 23.2 Å². The lowest BCUT2D eigenvalue weighted by Gasteiger charge is -2.38. The molecule has 2 heterocycles. The third-order valence-corrected chi connectivity index (χ3v) is 6.70. The second kappa shape index (κ2) is 8.14. The fourth-order valence-electron chi connectivity index (χ4n) is 3.47. The first kappa shape index (κ1) is 19.9. The Morgan fingerprint density at radius 1 is 1.03 bits per heavy atom. The van der Waals surface area contributed by atoms with Crippen LogP contribution in [0.25, 0.3) is 0 Å². The summed E-state index contributed by atoms with van der Waals surface area (Å²) in [7, 11) is -4.12. The number of anilines is 2. The number of para-hydroxylation sites is 2. The third kappa shape index (κ3) is 4.29. The summed E-state index contributed by atoms with van der Waals surface area (Å²) in [5.74, 6) is 0.176. The maximum atomic E-state index is 11.6. The predicted octanol–water partition coefficient (Wildman–Crippen LogP) is 4.66. The number of rotatable bonds is 6. The van der Waals surface area contributed by atoms with Gasteiger partial charge in [0, 0.05) is 21.7 Å². The summed E-state index contributed by atoms with van der Waals surface area (Å²) in [6.45, 7) is 2.02. The van der Waals surface area contributed by atoms with Crippen molar-refractivity contribution >= 4 is 33.3 Å². The molecule has 0 radical (unpaired) electrons. The molecule has 1 aliphatic rings. The molecular weight excluding hydrogens is 406 g/mol. The molecule has 1 aliphatic heterocycles. The van der Waals surface area contributed by atoms with Gasteiger partial charge in [-0.25, -0.2) is 9.97 Å². The molecule has 2 aromatic carbocycles. The van der Waals surface area contributed by atoms with Gasteiger partial charge in [-0.15, -0.1) is 0 Å². The first-order valence-corrected chi connectivity index (χ1v) is 11.8. The Balaban J connectivity index is 1.87. The van der Waals surface area contributed by atoms with E-state index >= 15 is 0 Å². The Bertz CT molecular complexity index is 1090. The minimum absolute atomic E-state index is 0.166. The maximum Gasteiger partial charge on any atom is 0.264 e. The van der Waals surface area contributed by atoms with Gasteiger partial charge in [0.2, 0.25) is 0 Å². The van der Waals surface area contributed by atoms with Gasteiger partial charge < -0.3 is 4.90 Å². The van der Waals surface area contributed by atoms with E-state index in [1.165, 1.54) is 0 Å². The lowest BCUT2D eigenvalue weighted by molar-refractivity contribution is 0.475. The molecule has 0 saturated carbocycles. The molecule has 0 saturated heterocycles. The minimum atomic E-state index is -4.12. The van der Waals surface area contributed by atoms with Gasteiger partial charge in [-0.2, -0.15) is 8.42 Å². The predicted molar refractivity (Wildman–Crippen MR) is 114 cm³/mol. The van der Waals surface area contributed by atoms with Gasteiger partial charge in [-0.05, 0) is 43.2 Å². The molecule has 1 unspecified atom stereocenters. The van der Waals surface area contributed by atoms with Gasteiger partial charge in [0.15, 0.2) is 5.82 Å². The number of hydrogen-bond acceptors (Lipinski definition) is 6. The molecule has 8 heteroatoms. The largest absolute Gasteiger partial charge is 0.329 e. The zero-order valence-electron chi connectivity index (χ0n) is 15.9. The standard InChI is InChI=1S/C21H21N3O3S2/c1-2-15-11-13-22-21(23-15)18(12-14-29(25,26)27)24-16-7-3-5-9-19(16)28-20-10-6-4-8-17(20)24/h3-11,13,18H,2,12,14H2,1H3,(H,25,26,27). The van der Waals surface area contributed by atoms with Crippen LogP contribution in [0.1, 0.15) is 30.9 Å². The number of benzene rings is 2. The Morgan fingerprint density at radius 2 is 1.66 bits per heavy atom. The average molecular weight is 428 g/mol. The normalized spacial score (nSPS) is 14.2. The van der Waals surface area contributed by atoms with Crippen LogP contribution < -0.4 is 4.90 Å². The van der Waals surface area contributed by atoms with Crippen LogP contribution in [0.15, 0.2) is 70.6 Å². The SMILES string of the molecule is CCc1ccnc(C(CCS(=O)(=O)O)N2c3ccccc3Sc3ccccc32)n1. The highest BCUT2D eigenvalue weighted by Crippen LogP contribution is 2.51. The topological polar surface area (TPSA) is 83.4 Å². The van der Waals surface area contributed by atoms with Gasteiger partial charge >= 0.3 is 0 Å². The van der Waals surface area contributed by atoms with E-state index in [9.17, 15) is 13.0 Å². The summed E-state index contributed by atoms with van der Waals surface area (Å²) in [6.07, 6.45) is 2.63. The van der Waals surface area contributed by atoms with Crippen LogP contribution in [-0.2, 0) is 16.5 Å². The lowest BCUT2D eigenvalue weighted by Crippen LogP contribution is -2.30.